The summed E-state index contributed by atoms with van der Waals surface area (Å²) >= 11 is 7.60. The van der Waals surface area contributed by atoms with Crippen molar-refractivity contribution in [3.05, 3.63) is 70.1 Å². The van der Waals surface area contributed by atoms with Crippen LogP contribution in [0.4, 0.5) is 5.69 Å². The average molecular weight is 422 g/mol. The number of amides is 1. The van der Waals surface area contributed by atoms with Gasteiger partial charge in [0.2, 0.25) is 0 Å². The summed E-state index contributed by atoms with van der Waals surface area (Å²) in [5.74, 6) is 0.0963. The Balaban J connectivity index is 1.35. The fraction of sp³-hybridized carbons (Fsp3) is 0.217. The van der Waals surface area contributed by atoms with Gasteiger partial charge in [0.05, 0.1) is 10.4 Å². The number of hydrogen-bond acceptors (Lipinski definition) is 4. The molecule has 5 rings (SSSR count). The quantitative estimate of drug-likeness (QED) is 0.436. The van der Waals surface area contributed by atoms with E-state index in [1.165, 1.54) is 16.9 Å². The summed E-state index contributed by atoms with van der Waals surface area (Å²) in [7, 11) is 0. The molecule has 1 saturated heterocycles. The van der Waals surface area contributed by atoms with Crippen LogP contribution in [0.3, 0.4) is 0 Å². The number of anilines is 1. The minimum atomic E-state index is 0.0963. The standard InChI is InChI=1S/C23H20ClN3OS/c1-15-5-6-16-12-17-13-21(29-22(17)25-20(16)11-15)23(28)27-9-7-26(8-10-27)19-4-2-3-18(24)14-19/h2-6,11-14H,7-10H2,1H3. The average Bonchev–Trinajstić information content (AvgIpc) is 3.14. The molecule has 0 aliphatic carbocycles. The SMILES string of the molecule is Cc1ccc2cc3cc(C(=O)N4CCN(c5cccc(Cl)c5)CC4)sc3nc2c1. The van der Waals surface area contributed by atoms with Crippen molar-refractivity contribution in [2.45, 2.75) is 6.92 Å². The van der Waals surface area contributed by atoms with Gasteiger partial charge >= 0.3 is 0 Å². The Bertz CT molecular complexity index is 1230. The van der Waals surface area contributed by atoms with Crippen LogP contribution in [0.2, 0.25) is 5.02 Å². The van der Waals surface area contributed by atoms with Crippen molar-refractivity contribution in [1.29, 1.82) is 0 Å². The fourth-order valence-corrected chi connectivity index (χ4v) is 5.01. The van der Waals surface area contributed by atoms with E-state index in [0.717, 1.165) is 49.8 Å². The molecule has 1 amide bonds. The zero-order valence-electron chi connectivity index (χ0n) is 16.1. The Morgan fingerprint density at radius 2 is 1.83 bits per heavy atom. The second kappa shape index (κ2) is 7.32. The Morgan fingerprint density at radius 3 is 2.62 bits per heavy atom. The van der Waals surface area contributed by atoms with Crippen molar-refractivity contribution in [3.8, 4) is 0 Å². The van der Waals surface area contributed by atoms with Gasteiger partial charge in [0.1, 0.15) is 4.83 Å². The van der Waals surface area contributed by atoms with Gasteiger partial charge in [0, 0.05) is 47.7 Å². The Labute approximate surface area is 178 Å². The summed E-state index contributed by atoms with van der Waals surface area (Å²) in [6.07, 6.45) is 0. The molecule has 0 spiro atoms. The van der Waals surface area contributed by atoms with Crippen LogP contribution < -0.4 is 4.90 Å². The Hall–Kier alpha value is -2.63. The first-order valence-electron chi connectivity index (χ1n) is 9.67. The lowest BCUT2D eigenvalue weighted by atomic mass is 10.1. The summed E-state index contributed by atoms with van der Waals surface area (Å²) in [4.78, 5) is 23.8. The molecule has 0 N–H and O–H groups in total. The molecule has 3 heterocycles. The number of piperazine rings is 1. The van der Waals surface area contributed by atoms with Crippen LogP contribution in [0.15, 0.2) is 54.6 Å². The number of nitrogens with zero attached hydrogens (tertiary/aromatic N) is 3. The monoisotopic (exact) mass is 421 g/mol. The molecule has 0 atom stereocenters. The van der Waals surface area contributed by atoms with Gasteiger partial charge in [-0.1, -0.05) is 29.8 Å². The number of hydrogen-bond donors (Lipinski definition) is 0. The predicted molar refractivity (Wildman–Crippen MR) is 121 cm³/mol. The molecule has 0 unspecified atom stereocenters. The van der Waals surface area contributed by atoms with Gasteiger partial charge in [0.25, 0.3) is 5.91 Å². The first kappa shape index (κ1) is 18.4. The summed E-state index contributed by atoms with van der Waals surface area (Å²) < 4.78 is 0. The normalized spacial score (nSPS) is 14.7. The van der Waals surface area contributed by atoms with E-state index in [2.05, 4.69) is 42.2 Å². The van der Waals surface area contributed by atoms with Gasteiger partial charge in [-0.05, 0) is 48.9 Å². The molecule has 29 heavy (non-hydrogen) atoms. The van der Waals surface area contributed by atoms with Crippen molar-refractivity contribution in [2.24, 2.45) is 0 Å². The fourth-order valence-electron chi connectivity index (χ4n) is 3.84. The van der Waals surface area contributed by atoms with Crippen LogP contribution in [0, 0.1) is 6.92 Å². The highest BCUT2D eigenvalue weighted by Gasteiger charge is 2.24. The number of aryl methyl sites for hydroxylation is 1. The van der Waals surface area contributed by atoms with Crippen LogP contribution in [-0.4, -0.2) is 42.0 Å². The van der Waals surface area contributed by atoms with Gasteiger partial charge < -0.3 is 9.80 Å². The van der Waals surface area contributed by atoms with E-state index in [4.69, 9.17) is 16.6 Å². The molecule has 0 saturated carbocycles. The third-order valence-corrected chi connectivity index (χ3v) is 6.68. The minimum absolute atomic E-state index is 0.0963. The number of carbonyl (C=O) groups excluding carboxylic acids is 1. The first-order valence-corrected chi connectivity index (χ1v) is 10.9. The molecule has 2 aromatic heterocycles. The van der Waals surface area contributed by atoms with Gasteiger partial charge in [0.15, 0.2) is 0 Å². The van der Waals surface area contributed by atoms with Crippen LogP contribution >= 0.6 is 22.9 Å². The maximum Gasteiger partial charge on any atom is 0.264 e. The second-order valence-electron chi connectivity index (χ2n) is 7.45. The maximum absolute atomic E-state index is 13.1. The van der Waals surface area contributed by atoms with Crippen molar-refractivity contribution in [2.75, 3.05) is 31.1 Å². The molecule has 2 aromatic carbocycles. The highest BCUT2D eigenvalue weighted by molar-refractivity contribution is 7.20. The number of benzene rings is 2. The number of thiophene rings is 1. The van der Waals surface area contributed by atoms with Crippen molar-refractivity contribution in [1.82, 2.24) is 9.88 Å². The van der Waals surface area contributed by atoms with E-state index in [1.807, 2.05) is 29.2 Å². The highest BCUT2D eigenvalue weighted by Crippen LogP contribution is 2.29. The topological polar surface area (TPSA) is 36.4 Å². The van der Waals surface area contributed by atoms with E-state index in [0.29, 0.717) is 13.1 Å². The smallest absolute Gasteiger partial charge is 0.264 e. The number of halogens is 1. The Morgan fingerprint density at radius 1 is 1.00 bits per heavy atom. The van der Waals surface area contributed by atoms with Crippen molar-refractivity contribution >= 4 is 55.7 Å². The summed E-state index contributed by atoms with van der Waals surface area (Å²) in [5.41, 5.74) is 3.28. The molecule has 146 valence electrons. The van der Waals surface area contributed by atoms with E-state index in [1.54, 1.807) is 0 Å². The van der Waals surface area contributed by atoms with Crippen LogP contribution in [0.25, 0.3) is 21.1 Å². The minimum Gasteiger partial charge on any atom is -0.368 e. The molecule has 1 aliphatic heterocycles. The highest BCUT2D eigenvalue weighted by atomic mass is 35.5. The van der Waals surface area contributed by atoms with Crippen LogP contribution in [0.5, 0.6) is 0 Å². The second-order valence-corrected chi connectivity index (χ2v) is 8.92. The molecular weight excluding hydrogens is 402 g/mol. The van der Waals surface area contributed by atoms with Crippen LogP contribution in [0.1, 0.15) is 15.2 Å². The van der Waals surface area contributed by atoms with E-state index in [-0.39, 0.29) is 5.91 Å². The lowest BCUT2D eigenvalue weighted by molar-refractivity contribution is 0.0751. The Kier molecular flexibility index (Phi) is 4.64. The van der Waals surface area contributed by atoms with Crippen LogP contribution in [-0.2, 0) is 0 Å². The predicted octanol–water partition coefficient (Wildman–Crippen LogP) is 5.37. The van der Waals surface area contributed by atoms with Gasteiger partial charge in [-0.2, -0.15) is 0 Å². The molecule has 1 aliphatic rings. The van der Waals surface area contributed by atoms with Gasteiger partial charge in [-0.15, -0.1) is 11.3 Å². The number of fused-ring (bicyclic) bond motifs is 2. The summed E-state index contributed by atoms with van der Waals surface area (Å²) in [6, 6.07) is 18.3. The van der Waals surface area contributed by atoms with E-state index < -0.39 is 0 Å². The molecule has 0 bridgehead atoms. The zero-order chi connectivity index (χ0) is 20.0. The van der Waals surface area contributed by atoms with E-state index in [9.17, 15) is 4.79 Å². The lowest BCUT2D eigenvalue weighted by Gasteiger charge is -2.36. The largest absolute Gasteiger partial charge is 0.368 e. The maximum atomic E-state index is 13.1. The molecular formula is C23H20ClN3OS. The molecule has 1 fully saturated rings. The third kappa shape index (κ3) is 3.56. The number of pyridine rings is 1. The summed E-state index contributed by atoms with van der Waals surface area (Å²) in [6.45, 7) is 5.08. The summed E-state index contributed by atoms with van der Waals surface area (Å²) in [5, 5.41) is 2.88. The zero-order valence-corrected chi connectivity index (χ0v) is 17.6. The molecule has 0 radical (unpaired) electrons. The van der Waals surface area contributed by atoms with Crippen molar-refractivity contribution in [3.63, 3.8) is 0 Å². The molecule has 6 heteroatoms. The first-order chi connectivity index (χ1) is 14.1. The molecule has 4 aromatic rings. The van der Waals surface area contributed by atoms with Gasteiger partial charge in [-0.25, -0.2) is 4.98 Å². The van der Waals surface area contributed by atoms with Gasteiger partial charge in [-0.3, -0.25) is 4.79 Å². The number of rotatable bonds is 2. The number of aromatic nitrogens is 1. The molecule has 4 nitrogen and oxygen atoms in total. The van der Waals surface area contributed by atoms with E-state index >= 15 is 0 Å². The lowest BCUT2D eigenvalue weighted by Crippen LogP contribution is -2.48. The number of carbonyl (C=O) groups is 1. The van der Waals surface area contributed by atoms with Crippen molar-refractivity contribution < 1.29 is 4.79 Å². The third-order valence-electron chi connectivity index (χ3n) is 5.41.